The highest BCUT2D eigenvalue weighted by atomic mass is 32.1. The van der Waals surface area contributed by atoms with Gasteiger partial charge in [0.1, 0.15) is 24.0 Å². The maximum absolute atomic E-state index is 14.5. The standard InChI is InChI=1S/C50H75NO12S/c1-10-36-24-30(2)23-31(3)25-41(59-7)45-42(60-8)27-33(5)50(58,63-45)46(54)47(55)51-21-12-11-17-38(51)48(56)62-44(34(6)39(52)29-40(36)53)32(4)26-35-18-20-49(57,43(28-35)61-9)19-13-15-37-16-14-22-64-37/h13-16,22,24,26,31,33-36,38-39,41-45,52,57-58H,10-12,17-21,23,25,27-29H2,1-9H3. The minimum Gasteiger partial charge on any atom is -0.456 e. The van der Waals surface area contributed by atoms with Gasteiger partial charge in [-0.05, 0) is 119 Å². The lowest BCUT2D eigenvalue weighted by atomic mass is 9.74. The molecule has 1 saturated carbocycles. The van der Waals surface area contributed by atoms with Crippen molar-refractivity contribution in [3.8, 4) is 0 Å². The van der Waals surface area contributed by atoms with E-state index in [1.807, 2.05) is 62.6 Å². The number of ketones is 2. The molecule has 3 N–H and O–H groups in total. The molecule has 1 aliphatic carbocycles. The van der Waals surface area contributed by atoms with Crippen molar-refractivity contribution in [3.05, 3.63) is 51.8 Å². The smallest absolute Gasteiger partial charge is 0.329 e. The molecule has 1 aromatic rings. The number of thiophene rings is 1. The number of esters is 1. The zero-order valence-electron chi connectivity index (χ0n) is 39.5. The van der Waals surface area contributed by atoms with Crippen LogP contribution < -0.4 is 0 Å². The van der Waals surface area contributed by atoms with Gasteiger partial charge in [-0.2, -0.15) is 0 Å². The molecule has 1 aromatic heterocycles. The van der Waals surface area contributed by atoms with E-state index in [4.69, 9.17) is 23.7 Å². The van der Waals surface area contributed by atoms with Crippen LogP contribution in [0.3, 0.4) is 0 Å². The predicted molar refractivity (Wildman–Crippen MR) is 245 cm³/mol. The summed E-state index contributed by atoms with van der Waals surface area (Å²) in [7, 11) is 4.66. The predicted octanol–water partition coefficient (Wildman–Crippen LogP) is 7.01. The van der Waals surface area contributed by atoms with Gasteiger partial charge in [0, 0.05) is 56.9 Å². The van der Waals surface area contributed by atoms with Gasteiger partial charge in [0.2, 0.25) is 5.79 Å². The fraction of sp³-hybridized carbons (Fsp3) is 0.720. The maximum Gasteiger partial charge on any atom is 0.329 e. The molecular weight excluding hydrogens is 839 g/mol. The molecule has 4 aliphatic rings. The van der Waals surface area contributed by atoms with Crippen molar-refractivity contribution in [1.82, 2.24) is 4.90 Å². The molecule has 64 heavy (non-hydrogen) atoms. The topological polar surface area (TPSA) is 178 Å². The van der Waals surface area contributed by atoms with Crippen molar-refractivity contribution in [2.24, 2.45) is 29.6 Å². The van der Waals surface area contributed by atoms with Gasteiger partial charge in [0.05, 0.1) is 30.0 Å². The third-order valence-electron chi connectivity index (χ3n) is 14.4. The number of cyclic esters (lactones) is 1. The van der Waals surface area contributed by atoms with Gasteiger partial charge < -0.3 is 43.9 Å². The molecule has 14 unspecified atom stereocenters. The molecule has 1 amide bonds. The normalized spacial score (nSPS) is 38.3. The van der Waals surface area contributed by atoms with Gasteiger partial charge in [-0.1, -0.05) is 57.6 Å². The third kappa shape index (κ3) is 12.3. The zero-order valence-corrected chi connectivity index (χ0v) is 40.3. The number of Topliss-reactive ketones (excluding diaryl/α,β-unsaturated/α-hetero) is 2. The largest absolute Gasteiger partial charge is 0.456 e. The summed E-state index contributed by atoms with van der Waals surface area (Å²) in [5, 5.41) is 37.7. The van der Waals surface area contributed by atoms with Gasteiger partial charge in [0.25, 0.3) is 11.7 Å². The molecular formula is C50H75NO12S. The van der Waals surface area contributed by atoms with Crippen molar-refractivity contribution in [2.75, 3.05) is 27.9 Å². The van der Waals surface area contributed by atoms with E-state index in [-0.39, 0.29) is 43.4 Å². The molecule has 0 aromatic carbocycles. The molecule has 358 valence electrons. The van der Waals surface area contributed by atoms with E-state index < -0.39 is 89.5 Å². The van der Waals surface area contributed by atoms with E-state index >= 15 is 0 Å². The van der Waals surface area contributed by atoms with Crippen LogP contribution in [0.5, 0.6) is 0 Å². The van der Waals surface area contributed by atoms with Crippen LogP contribution in [0.4, 0.5) is 0 Å². The molecule has 3 aliphatic heterocycles. The second kappa shape index (κ2) is 23.1. The molecule has 3 fully saturated rings. The molecule has 0 radical (unpaired) electrons. The Kier molecular flexibility index (Phi) is 18.7. The van der Waals surface area contributed by atoms with E-state index in [0.29, 0.717) is 63.4 Å². The lowest BCUT2D eigenvalue weighted by Crippen LogP contribution is -2.64. The van der Waals surface area contributed by atoms with Gasteiger partial charge >= 0.3 is 5.97 Å². The van der Waals surface area contributed by atoms with Gasteiger partial charge in [-0.15, -0.1) is 11.3 Å². The number of rotatable bonds is 9. The number of carbonyl (C=O) groups excluding carboxylic acids is 4. The molecule has 0 spiro atoms. The molecule has 14 heteroatoms. The second-order valence-electron chi connectivity index (χ2n) is 19.2. The van der Waals surface area contributed by atoms with Gasteiger partial charge in [-0.25, -0.2) is 4.79 Å². The van der Waals surface area contributed by atoms with Crippen molar-refractivity contribution >= 4 is 40.9 Å². The van der Waals surface area contributed by atoms with Crippen LogP contribution in [-0.4, -0.2) is 126 Å². The number of methoxy groups -OCH3 is 3. The summed E-state index contributed by atoms with van der Waals surface area (Å²) in [4.78, 5) is 59.4. The Bertz CT molecular complexity index is 1830. The van der Waals surface area contributed by atoms with E-state index in [1.54, 1.807) is 32.3 Å². The first kappa shape index (κ1) is 51.9. The average molecular weight is 914 g/mol. The first-order chi connectivity index (χ1) is 30.4. The lowest BCUT2D eigenvalue weighted by molar-refractivity contribution is -0.302. The van der Waals surface area contributed by atoms with Crippen molar-refractivity contribution in [2.45, 2.75) is 173 Å². The molecule has 2 bridgehead atoms. The fourth-order valence-electron chi connectivity index (χ4n) is 10.5. The number of aliphatic hydroxyl groups excluding tert-OH is 1. The number of fused-ring (bicyclic) bond motifs is 3. The number of hydrogen-bond donors (Lipinski definition) is 3. The summed E-state index contributed by atoms with van der Waals surface area (Å²) in [5.74, 6) is -7.67. The van der Waals surface area contributed by atoms with Crippen LogP contribution in [0.2, 0.25) is 0 Å². The van der Waals surface area contributed by atoms with Gasteiger partial charge in [0.15, 0.2) is 0 Å². The molecule has 14 atom stereocenters. The molecule has 2 saturated heterocycles. The SMILES string of the molecule is CCC1C=C(C)CC(C)CC(OC)C2OC(O)(C(=O)C(=O)N3CCCCC3C(=O)OC(C(C)=CC3CCC(O)(CC=Cc4cccs4)C(OC)C3)C(C)C(O)CC1=O)C(C)CC2OC. The Labute approximate surface area is 384 Å². The van der Waals surface area contributed by atoms with E-state index in [9.17, 15) is 34.5 Å². The van der Waals surface area contributed by atoms with E-state index in [2.05, 4.69) is 6.92 Å². The van der Waals surface area contributed by atoms with Crippen LogP contribution in [0.15, 0.2) is 46.9 Å². The van der Waals surface area contributed by atoms with Crippen LogP contribution in [-0.2, 0) is 42.9 Å². The number of allylic oxidation sites excluding steroid dienone is 3. The first-order valence-electron chi connectivity index (χ1n) is 23.4. The number of carbonyl (C=O) groups is 4. The average Bonchev–Trinajstić information content (AvgIpc) is 3.80. The van der Waals surface area contributed by atoms with Crippen molar-refractivity contribution < 1.29 is 58.2 Å². The number of nitrogens with zero attached hydrogens (tertiary/aromatic N) is 1. The summed E-state index contributed by atoms with van der Waals surface area (Å²) in [5.41, 5.74) is 0.569. The fourth-order valence-corrected chi connectivity index (χ4v) is 11.2. The third-order valence-corrected chi connectivity index (χ3v) is 15.3. The Morgan fingerprint density at radius 2 is 1.70 bits per heavy atom. The highest BCUT2D eigenvalue weighted by Gasteiger charge is 2.56. The zero-order chi connectivity index (χ0) is 46.9. The number of hydrogen-bond acceptors (Lipinski definition) is 13. The molecule has 13 nitrogen and oxygen atoms in total. The Morgan fingerprint density at radius 3 is 2.36 bits per heavy atom. The Balaban J connectivity index is 1.48. The Hall–Kier alpha value is -3.08. The van der Waals surface area contributed by atoms with Crippen LogP contribution in [0.1, 0.15) is 123 Å². The quantitative estimate of drug-likeness (QED) is 0.131. The summed E-state index contributed by atoms with van der Waals surface area (Å²) in [6.07, 6.45) is 8.28. The summed E-state index contributed by atoms with van der Waals surface area (Å²) >= 11 is 1.62. The van der Waals surface area contributed by atoms with Crippen LogP contribution in [0.25, 0.3) is 6.08 Å². The van der Waals surface area contributed by atoms with Crippen LogP contribution in [0, 0.1) is 29.6 Å². The van der Waals surface area contributed by atoms with Crippen molar-refractivity contribution in [1.29, 1.82) is 0 Å². The van der Waals surface area contributed by atoms with E-state index in [0.717, 1.165) is 10.5 Å². The van der Waals surface area contributed by atoms with Crippen molar-refractivity contribution in [3.63, 3.8) is 0 Å². The van der Waals surface area contributed by atoms with E-state index in [1.165, 1.54) is 19.1 Å². The summed E-state index contributed by atoms with van der Waals surface area (Å²) < 4.78 is 30.3. The Morgan fingerprint density at radius 1 is 0.984 bits per heavy atom. The number of aliphatic hydroxyl groups is 3. The number of piperidine rings is 1. The highest BCUT2D eigenvalue weighted by molar-refractivity contribution is 7.10. The summed E-state index contributed by atoms with van der Waals surface area (Å²) in [6.45, 7) is 11.3. The highest BCUT2D eigenvalue weighted by Crippen LogP contribution is 2.41. The maximum atomic E-state index is 14.5. The second-order valence-corrected chi connectivity index (χ2v) is 20.2. The minimum absolute atomic E-state index is 0.0255. The first-order valence-corrected chi connectivity index (χ1v) is 24.3. The van der Waals surface area contributed by atoms with Crippen LogP contribution >= 0.6 is 11.3 Å². The number of amides is 1. The number of ether oxygens (including phenoxy) is 5. The molecule has 4 heterocycles. The summed E-state index contributed by atoms with van der Waals surface area (Å²) in [6, 6.07) is 2.85. The minimum atomic E-state index is -2.51. The van der Waals surface area contributed by atoms with Gasteiger partial charge in [-0.3, -0.25) is 14.4 Å². The lowest BCUT2D eigenvalue weighted by Gasteiger charge is -2.47. The monoisotopic (exact) mass is 914 g/mol. The molecule has 5 rings (SSSR count).